The van der Waals surface area contributed by atoms with E-state index < -0.39 is 8.32 Å². The third-order valence-electron chi connectivity index (χ3n) is 1.14. The van der Waals surface area contributed by atoms with Crippen molar-refractivity contribution in [3.05, 3.63) is 12.2 Å². The molecule has 0 aromatic rings. The van der Waals surface area contributed by atoms with Crippen LogP contribution >= 0.6 is 0 Å². The molecule has 0 aliphatic carbocycles. The summed E-state index contributed by atoms with van der Waals surface area (Å²) < 4.78 is 10.6. The Balaban J connectivity index is 3.95. The summed E-state index contributed by atoms with van der Waals surface area (Å²) in [6.07, 6.45) is 0. The zero-order valence-corrected chi connectivity index (χ0v) is 12.0. The SMILES string of the molecule is C=C(C)C(=O)OC([SiH3])O[Si](C)(C)C. The maximum absolute atomic E-state index is 11.1. The Morgan fingerprint density at radius 3 is 2.23 bits per heavy atom. The Kier molecular flexibility index (Phi) is 4.59. The first kappa shape index (κ1) is 12.6. The van der Waals surface area contributed by atoms with Crippen LogP contribution in [-0.2, 0) is 14.0 Å². The van der Waals surface area contributed by atoms with Crippen LogP contribution in [0.25, 0.3) is 0 Å². The van der Waals surface area contributed by atoms with Crippen molar-refractivity contribution >= 4 is 24.5 Å². The fourth-order valence-corrected chi connectivity index (χ4v) is 4.15. The van der Waals surface area contributed by atoms with E-state index in [1.807, 2.05) is 0 Å². The summed E-state index contributed by atoms with van der Waals surface area (Å²) in [6, 6.07) is 0. The van der Waals surface area contributed by atoms with Crippen molar-refractivity contribution in [2.45, 2.75) is 32.5 Å². The smallest absolute Gasteiger partial charge is 0.335 e. The van der Waals surface area contributed by atoms with Gasteiger partial charge in [-0.05, 0) is 26.6 Å². The molecule has 0 radical (unpaired) electrons. The zero-order valence-electron chi connectivity index (χ0n) is 9.01. The summed E-state index contributed by atoms with van der Waals surface area (Å²) in [5.74, 6) is -0.700. The molecule has 0 fully saturated rings. The minimum absolute atomic E-state index is 0.337. The van der Waals surface area contributed by atoms with Gasteiger partial charge in [-0.25, -0.2) is 4.79 Å². The van der Waals surface area contributed by atoms with Crippen molar-refractivity contribution in [2.75, 3.05) is 0 Å². The quantitative estimate of drug-likeness (QED) is 0.300. The Morgan fingerprint density at radius 2 is 1.92 bits per heavy atom. The van der Waals surface area contributed by atoms with Crippen molar-refractivity contribution in [2.24, 2.45) is 0 Å². The van der Waals surface area contributed by atoms with Crippen molar-refractivity contribution in [3.63, 3.8) is 0 Å². The monoisotopic (exact) mass is 218 g/mol. The first-order valence-corrected chi connectivity index (χ1v) is 8.83. The summed E-state index contributed by atoms with van der Waals surface area (Å²) in [7, 11) is -0.902. The lowest BCUT2D eigenvalue weighted by molar-refractivity contribution is -0.150. The predicted molar refractivity (Wildman–Crippen MR) is 59.1 cm³/mol. The lowest BCUT2D eigenvalue weighted by atomic mass is 10.4. The molecular weight excluding hydrogens is 200 g/mol. The molecule has 5 heteroatoms. The molecule has 0 aliphatic rings. The first-order valence-electron chi connectivity index (χ1n) is 4.26. The van der Waals surface area contributed by atoms with Gasteiger partial charge in [0.25, 0.3) is 0 Å². The van der Waals surface area contributed by atoms with Crippen molar-refractivity contribution in [1.82, 2.24) is 0 Å². The lowest BCUT2D eigenvalue weighted by Crippen LogP contribution is -2.35. The van der Waals surface area contributed by atoms with E-state index in [0.717, 1.165) is 0 Å². The van der Waals surface area contributed by atoms with E-state index in [2.05, 4.69) is 26.2 Å². The molecule has 1 atom stereocenters. The Morgan fingerprint density at radius 1 is 1.46 bits per heavy atom. The molecule has 13 heavy (non-hydrogen) atoms. The van der Waals surface area contributed by atoms with Gasteiger partial charge in [0.2, 0.25) is 0 Å². The van der Waals surface area contributed by atoms with E-state index in [9.17, 15) is 4.79 Å². The second kappa shape index (κ2) is 4.73. The highest BCUT2D eigenvalue weighted by atomic mass is 28.4. The van der Waals surface area contributed by atoms with Gasteiger partial charge in [0.05, 0.1) is 10.2 Å². The average molecular weight is 218 g/mol. The number of esters is 1. The molecule has 0 saturated carbocycles. The van der Waals surface area contributed by atoms with Crippen LogP contribution in [0.1, 0.15) is 6.92 Å². The van der Waals surface area contributed by atoms with Crippen LogP contribution in [0.4, 0.5) is 0 Å². The van der Waals surface area contributed by atoms with Crippen LogP contribution in [0.2, 0.25) is 19.6 Å². The minimum atomic E-state index is -1.59. The number of hydrogen-bond donors (Lipinski definition) is 0. The molecular formula is C8H18O3Si2. The number of rotatable bonds is 4. The molecule has 3 nitrogen and oxygen atoms in total. The van der Waals surface area contributed by atoms with E-state index in [4.69, 9.17) is 9.16 Å². The summed E-state index contributed by atoms with van der Waals surface area (Å²) in [5.41, 5.74) is 0.417. The molecule has 0 spiro atoms. The van der Waals surface area contributed by atoms with Crippen molar-refractivity contribution in [1.29, 1.82) is 0 Å². The number of ether oxygens (including phenoxy) is 1. The van der Waals surface area contributed by atoms with Gasteiger partial charge in [-0.15, -0.1) is 0 Å². The van der Waals surface area contributed by atoms with Crippen LogP contribution in [0, 0.1) is 0 Å². The first-order chi connectivity index (χ1) is 5.72. The standard InChI is InChI=1S/C8H18O3Si2/c1-6(2)7(9)10-8(12)11-13(3,4)5/h8H,1H2,2-5,12H3. The summed E-state index contributed by atoms with van der Waals surface area (Å²) in [5, 5.41) is 0. The lowest BCUT2D eigenvalue weighted by Gasteiger charge is -2.23. The average Bonchev–Trinajstić information content (AvgIpc) is 1.81. The van der Waals surface area contributed by atoms with E-state index in [1.54, 1.807) is 6.92 Å². The molecule has 0 heterocycles. The number of carbonyl (C=O) groups is 1. The maximum Gasteiger partial charge on any atom is 0.335 e. The molecule has 0 bridgehead atoms. The van der Waals surface area contributed by atoms with Crippen LogP contribution in [0.15, 0.2) is 12.2 Å². The summed E-state index contributed by atoms with van der Waals surface area (Å²) in [4.78, 5) is 11.1. The Labute approximate surface area is 83.7 Å². The van der Waals surface area contributed by atoms with Gasteiger partial charge >= 0.3 is 5.97 Å². The van der Waals surface area contributed by atoms with Crippen LogP contribution < -0.4 is 0 Å². The van der Waals surface area contributed by atoms with Gasteiger partial charge in [-0.3, -0.25) is 0 Å². The van der Waals surface area contributed by atoms with Gasteiger partial charge in [-0.2, -0.15) is 0 Å². The van der Waals surface area contributed by atoms with Gasteiger partial charge in [0.15, 0.2) is 14.2 Å². The highest BCUT2D eigenvalue weighted by molar-refractivity contribution is 6.70. The van der Waals surface area contributed by atoms with E-state index >= 15 is 0 Å². The molecule has 0 aliphatic heterocycles. The van der Waals surface area contributed by atoms with Crippen LogP contribution in [0.5, 0.6) is 0 Å². The fourth-order valence-electron chi connectivity index (χ4n) is 0.773. The van der Waals surface area contributed by atoms with Gasteiger partial charge in [0.1, 0.15) is 0 Å². The maximum atomic E-state index is 11.1. The van der Waals surface area contributed by atoms with Gasteiger partial charge in [0, 0.05) is 5.57 Å². The molecule has 76 valence electrons. The van der Waals surface area contributed by atoms with E-state index in [1.165, 1.54) is 0 Å². The molecule has 1 unspecified atom stereocenters. The zero-order chi connectivity index (χ0) is 10.6. The minimum Gasteiger partial charge on any atom is -0.439 e. The van der Waals surface area contributed by atoms with E-state index in [-0.39, 0.29) is 11.9 Å². The molecule has 0 rings (SSSR count). The van der Waals surface area contributed by atoms with Crippen molar-refractivity contribution < 1.29 is 14.0 Å². The summed E-state index contributed by atoms with van der Waals surface area (Å²) >= 11 is 0. The normalized spacial score (nSPS) is 13.8. The molecule has 0 aromatic heterocycles. The molecule has 0 amide bonds. The van der Waals surface area contributed by atoms with Gasteiger partial charge in [-0.1, -0.05) is 6.58 Å². The van der Waals surface area contributed by atoms with Gasteiger partial charge < -0.3 is 9.16 Å². The second-order valence-corrected chi connectivity index (χ2v) is 9.39. The largest absolute Gasteiger partial charge is 0.439 e. The Bertz CT molecular complexity index is 208. The highest BCUT2D eigenvalue weighted by Crippen LogP contribution is 2.07. The third kappa shape index (κ3) is 6.74. The van der Waals surface area contributed by atoms with Crippen LogP contribution in [0.3, 0.4) is 0 Å². The number of carbonyl (C=O) groups excluding carboxylic acids is 1. The third-order valence-corrected chi connectivity index (χ3v) is 3.12. The molecule has 0 N–H and O–H groups in total. The molecule has 0 aromatic carbocycles. The topological polar surface area (TPSA) is 35.5 Å². The number of hydrogen-bond acceptors (Lipinski definition) is 3. The fraction of sp³-hybridized carbons (Fsp3) is 0.625. The molecule has 0 saturated heterocycles. The highest BCUT2D eigenvalue weighted by Gasteiger charge is 2.20. The van der Waals surface area contributed by atoms with E-state index in [0.29, 0.717) is 15.8 Å². The predicted octanol–water partition coefficient (Wildman–Crippen LogP) is 0.606. The summed E-state index contributed by atoms with van der Waals surface area (Å²) in [6.45, 7) is 11.3. The van der Waals surface area contributed by atoms with Crippen molar-refractivity contribution in [3.8, 4) is 0 Å². The second-order valence-electron chi connectivity index (χ2n) is 3.98. The van der Waals surface area contributed by atoms with Crippen LogP contribution in [-0.4, -0.2) is 30.4 Å². The Hall–Kier alpha value is -0.396.